The first kappa shape index (κ1) is 17.5. The SMILES string of the molecule is CN1CCN(C(=O)c2cc(-c3ccc(Cl)cc3)on2)CC12CCOCC2. The van der Waals surface area contributed by atoms with Gasteiger partial charge >= 0.3 is 0 Å². The molecule has 4 rings (SSSR count). The largest absolute Gasteiger partial charge is 0.381 e. The molecule has 1 aromatic heterocycles. The number of halogens is 1. The normalized spacial score (nSPS) is 20.5. The number of carbonyl (C=O) groups is 1. The summed E-state index contributed by atoms with van der Waals surface area (Å²) in [5.41, 5.74) is 1.21. The summed E-state index contributed by atoms with van der Waals surface area (Å²) in [5.74, 6) is 0.493. The molecule has 1 aromatic carbocycles. The van der Waals surface area contributed by atoms with Crippen LogP contribution in [0.5, 0.6) is 0 Å². The van der Waals surface area contributed by atoms with Crippen LogP contribution in [0.15, 0.2) is 34.9 Å². The Morgan fingerprint density at radius 2 is 1.92 bits per heavy atom. The molecule has 0 unspecified atom stereocenters. The highest BCUT2D eigenvalue weighted by molar-refractivity contribution is 6.30. The molecule has 3 heterocycles. The smallest absolute Gasteiger partial charge is 0.276 e. The van der Waals surface area contributed by atoms with Gasteiger partial charge in [0.1, 0.15) is 0 Å². The molecule has 2 aliphatic rings. The molecule has 0 bridgehead atoms. The van der Waals surface area contributed by atoms with Crippen molar-refractivity contribution in [3.63, 3.8) is 0 Å². The first-order valence-electron chi connectivity index (χ1n) is 8.88. The van der Waals surface area contributed by atoms with E-state index >= 15 is 0 Å². The number of amides is 1. The average Bonchev–Trinajstić information content (AvgIpc) is 3.15. The number of carbonyl (C=O) groups excluding carboxylic acids is 1. The van der Waals surface area contributed by atoms with Crippen molar-refractivity contribution in [2.75, 3.05) is 39.9 Å². The zero-order valence-corrected chi connectivity index (χ0v) is 15.5. The molecule has 6 nitrogen and oxygen atoms in total. The molecule has 138 valence electrons. The maximum atomic E-state index is 13.0. The zero-order valence-electron chi connectivity index (χ0n) is 14.8. The number of rotatable bonds is 2. The predicted octanol–water partition coefficient (Wildman–Crippen LogP) is 2.93. The molecule has 0 atom stereocenters. The Balaban J connectivity index is 1.51. The molecule has 2 saturated heterocycles. The third-order valence-corrected chi connectivity index (χ3v) is 5.82. The Morgan fingerprint density at radius 1 is 1.19 bits per heavy atom. The summed E-state index contributed by atoms with van der Waals surface area (Å²) in [6.07, 6.45) is 1.89. The quantitative estimate of drug-likeness (QED) is 0.807. The molecule has 1 amide bonds. The van der Waals surface area contributed by atoms with Crippen LogP contribution < -0.4 is 0 Å². The van der Waals surface area contributed by atoms with Crippen molar-refractivity contribution in [1.29, 1.82) is 0 Å². The summed E-state index contributed by atoms with van der Waals surface area (Å²) in [6.45, 7) is 3.75. The fourth-order valence-electron chi connectivity index (χ4n) is 3.82. The van der Waals surface area contributed by atoms with Crippen LogP contribution in [0, 0.1) is 0 Å². The molecule has 7 heteroatoms. The summed E-state index contributed by atoms with van der Waals surface area (Å²) in [7, 11) is 2.14. The van der Waals surface area contributed by atoms with Crippen LogP contribution >= 0.6 is 11.6 Å². The number of hydrogen-bond donors (Lipinski definition) is 0. The monoisotopic (exact) mass is 375 g/mol. The first-order valence-corrected chi connectivity index (χ1v) is 9.26. The van der Waals surface area contributed by atoms with E-state index in [9.17, 15) is 4.79 Å². The van der Waals surface area contributed by atoms with E-state index in [-0.39, 0.29) is 11.4 Å². The second-order valence-corrected chi connectivity index (χ2v) is 7.50. The summed E-state index contributed by atoms with van der Waals surface area (Å²) in [4.78, 5) is 17.2. The van der Waals surface area contributed by atoms with E-state index < -0.39 is 0 Å². The molecule has 0 aliphatic carbocycles. The minimum absolute atomic E-state index is 0.00883. The Morgan fingerprint density at radius 3 is 2.65 bits per heavy atom. The van der Waals surface area contributed by atoms with Crippen molar-refractivity contribution >= 4 is 17.5 Å². The van der Waals surface area contributed by atoms with Gasteiger partial charge in [-0.25, -0.2) is 0 Å². The van der Waals surface area contributed by atoms with Crippen molar-refractivity contribution in [3.8, 4) is 11.3 Å². The summed E-state index contributed by atoms with van der Waals surface area (Å²) in [6, 6.07) is 8.99. The van der Waals surface area contributed by atoms with Gasteiger partial charge in [0.2, 0.25) is 0 Å². The van der Waals surface area contributed by atoms with Crippen LogP contribution in [0.3, 0.4) is 0 Å². The number of hydrogen-bond acceptors (Lipinski definition) is 5. The standard InChI is InChI=1S/C19H22ClN3O3/c1-22-8-9-23(13-19(22)6-10-25-11-7-19)18(24)16-12-17(26-21-16)14-2-4-15(20)5-3-14/h2-5,12H,6-11,13H2,1H3. The Labute approximate surface area is 157 Å². The summed E-state index contributed by atoms with van der Waals surface area (Å²) in [5, 5.41) is 4.66. The van der Waals surface area contributed by atoms with E-state index in [0.717, 1.165) is 38.2 Å². The fraction of sp³-hybridized carbons (Fsp3) is 0.474. The van der Waals surface area contributed by atoms with Gasteiger partial charge in [-0.05, 0) is 44.2 Å². The average molecular weight is 376 g/mol. The van der Waals surface area contributed by atoms with E-state index in [1.165, 1.54) is 0 Å². The van der Waals surface area contributed by atoms with Crippen molar-refractivity contribution in [2.24, 2.45) is 0 Å². The van der Waals surface area contributed by atoms with Gasteiger partial charge in [-0.2, -0.15) is 0 Å². The molecular formula is C19H22ClN3O3. The first-order chi connectivity index (χ1) is 12.6. The lowest BCUT2D eigenvalue weighted by atomic mass is 9.86. The number of likely N-dealkylation sites (N-methyl/N-ethyl adjacent to an activating group) is 1. The minimum Gasteiger partial charge on any atom is -0.381 e. The Bertz CT molecular complexity index is 784. The van der Waals surface area contributed by atoms with E-state index in [4.69, 9.17) is 20.9 Å². The maximum Gasteiger partial charge on any atom is 0.276 e. The van der Waals surface area contributed by atoms with Crippen LogP contribution in [0.4, 0.5) is 0 Å². The highest BCUT2D eigenvalue weighted by Gasteiger charge is 2.42. The molecule has 0 N–H and O–H groups in total. The lowest BCUT2D eigenvalue weighted by Crippen LogP contribution is -2.63. The molecule has 2 aliphatic heterocycles. The number of aromatic nitrogens is 1. The molecule has 1 spiro atoms. The van der Waals surface area contributed by atoms with Gasteiger partial charge in [0.25, 0.3) is 5.91 Å². The number of piperazine rings is 1. The van der Waals surface area contributed by atoms with E-state index in [1.54, 1.807) is 18.2 Å². The molecule has 2 aromatic rings. The number of nitrogens with zero attached hydrogens (tertiary/aromatic N) is 3. The summed E-state index contributed by atoms with van der Waals surface area (Å²) < 4.78 is 10.9. The van der Waals surface area contributed by atoms with Crippen molar-refractivity contribution in [3.05, 3.63) is 41.0 Å². The van der Waals surface area contributed by atoms with Crippen LogP contribution in [0.2, 0.25) is 5.02 Å². The molecule has 0 radical (unpaired) electrons. The van der Waals surface area contributed by atoms with Gasteiger partial charge in [0.05, 0.1) is 0 Å². The van der Waals surface area contributed by atoms with E-state index in [0.29, 0.717) is 29.6 Å². The van der Waals surface area contributed by atoms with Gasteiger partial charge in [-0.15, -0.1) is 0 Å². The highest BCUT2D eigenvalue weighted by Crippen LogP contribution is 2.31. The van der Waals surface area contributed by atoms with Crippen LogP contribution in [0.1, 0.15) is 23.3 Å². The van der Waals surface area contributed by atoms with Gasteiger partial charge in [-0.1, -0.05) is 16.8 Å². The topological polar surface area (TPSA) is 58.8 Å². The molecule has 2 fully saturated rings. The van der Waals surface area contributed by atoms with Crippen LogP contribution in [-0.4, -0.2) is 66.3 Å². The second kappa shape index (κ2) is 7.02. The minimum atomic E-state index is -0.0760. The highest BCUT2D eigenvalue weighted by atomic mass is 35.5. The van der Waals surface area contributed by atoms with Crippen LogP contribution in [-0.2, 0) is 4.74 Å². The van der Waals surface area contributed by atoms with Gasteiger partial charge in [-0.3, -0.25) is 9.69 Å². The number of benzene rings is 1. The second-order valence-electron chi connectivity index (χ2n) is 7.07. The predicted molar refractivity (Wildman–Crippen MR) is 98.3 cm³/mol. The van der Waals surface area contributed by atoms with E-state index in [2.05, 4.69) is 17.1 Å². The third kappa shape index (κ3) is 3.24. The van der Waals surface area contributed by atoms with Gasteiger partial charge in [0, 0.05) is 55.0 Å². The lowest BCUT2D eigenvalue weighted by Gasteiger charge is -2.51. The fourth-order valence-corrected chi connectivity index (χ4v) is 3.94. The van der Waals surface area contributed by atoms with Gasteiger partial charge < -0.3 is 14.2 Å². The maximum absolute atomic E-state index is 13.0. The third-order valence-electron chi connectivity index (χ3n) is 5.57. The van der Waals surface area contributed by atoms with Crippen molar-refractivity contribution in [2.45, 2.75) is 18.4 Å². The molecule has 0 saturated carbocycles. The Kier molecular flexibility index (Phi) is 4.73. The van der Waals surface area contributed by atoms with Crippen molar-refractivity contribution < 1.29 is 14.1 Å². The molecule has 26 heavy (non-hydrogen) atoms. The van der Waals surface area contributed by atoms with Crippen LogP contribution in [0.25, 0.3) is 11.3 Å². The van der Waals surface area contributed by atoms with Crippen molar-refractivity contribution in [1.82, 2.24) is 15.0 Å². The van der Waals surface area contributed by atoms with E-state index in [1.807, 2.05) is 17.0 Å². The lowest BCUT2D eigenvalue weighted by molar-refractivity contribution is -0.0544. The van der Waals surface area contributed by atoms with Gasteiger partial charge in [0.15, 0.2) is 11.5 Å². The summed E-state index contributed by atoms with van der Waals surface area (Å²) >= 11 is 5.92. The number of ether oxygens (including phenoxy) is 1. The zero-order chi connectivity index (χ0) is 18.1. The molecular weight excluding hydrogens is 354 g/mol. The Hall–Kier alpha value is -1.89.